The Morgan fingerprint density at radius 3 is 2.68 bits per heavy atom. The predicted molar refractivity (Wildman–Crippen MR) is 116 cm³/mol. The zero-order valence-corrected chi connectivity index (χ0v) is 18.2. The molecule has 0 aliphatic carbocycles. The van der Waals surface area contributed by atoms with Crippen LogP contribution in [0.1, 0.15) is 43.2 Å². The van der Waals surface area contributed by atoms with E-state index in [1.807, 2.05) is 6.07 Å². The molecule has 10 nitrogen and oxygen atoms in total. The van der Waals surface area contributed by atoms with Gasteiger partial charge in [-0.1, -0.05) is 0 Å². The average molecular weight is 428 g/mol. The van der Waals surface area contributed by atoms with E-state index in [0.717, 1.165) is 16.6 Å². The number of hydrogen-bond acceptors (Lipinski definition) is 6. The Kier molecular flexibility index (Phi) is 6.91. The molecule has 2 amide bonds. The van der Waals surface area contributed by atoms with E-state index in [1.165, 1.54) is 0 Å². The second kappa shape index (κ2) is 9.61. The molecule has 3 aromatic rings. The molecule has 0 aliphatic rings. The maximum Gasteiger partial charge on any atom is 0.407 e. The van der Waals surface area contributed by atoms with Gasteiger partial charge in [0, 0.05) is 31.1 Å². The lowest BCUT2D eigenvalue weighted by Gasteiger charge is -2.19. The van der Waals surface area contributed by atoms with E-state index in [2.05, 4.69) is 30.8 Å². The molecule has 2 aromatic heterocycles. The van der Waals surface area contributed by atoms with Gasteiger partial charge in [0.05, 0.1) is 24.0 Å². The first kappa shape index (κ1) is 22.3. The summed E-state index contributed by atoms with van der Waals surface area (Å²) in [4.78, 5) is 31.7. The van der Waals surface area contributed by atoms with Gasteiger partial charge in [-0.2, -0.15) is 5.10 Å². The minimum absolute atomic E-state index is 0.203. The molecule has 0 spiro atoms. The van der Waals surface area contributed by atoms with Crippen molar-refractivity contribution in [2.75, 3.05) is 20.2 Å². The molecule has 166 valence electrons. The number of amides is 2. The van der Waals surface area contributed by atoms with Crippen LogP contribution in [0.25, 0.3) is 22.4 Å². The molecule has 0 fully saturated rings. The maximum atomic E-state index is 12.5. The lowest BCUT2D eigenvalue weighted by molar-refractivity contribution is 0.0527. The fraction of sp³-hybridized carbons (Fsp3) is 0.429. The molecule has 0 aliphatic heterocycles. The van der Waals surface area contributed by atoms with Gasteiger partial charge in [-0.15, -0.1) is 0 Å². The minimum Gasteiger partial charge on any atom is -0.444 e. The lowest BCUT2D eigenvalue weighted by atomic mass is 10.1. The number of carbonyl (C=O) groups is 2. The van der Waals surface area contributed by atoms with Gasteiger partial charge in [-0.25, -0.2) is 9.78 Å². The number of imidazole rings is 1. The van der Waals surface area contributed by atoms with E-state index in [9.17, 15) is 9.59 Å². The van der Waals surface area contributed by atoms with Crippen LogP contribution in [-0.2, 0) is 16.1 Å². The minimum atomic E-state index is -0.538. The summed E-state index contributed by atoms with van der Waals surface area (Å²) < 4.78 is 10.3. The van der Waals surface area contributed by atoms with Crippen LogP contribution in [0.3, 0.4) is 0 Å². The Hall–Kier alpha value is -3.40. The number of aromatic amines is 2. The van der Waals surface area contributed by atoms with Crippen molar-refractivity contribution in [1.29, 1.82) is 0 Å². The Balaban J connectivity index is 1.57. The number of methoxy groups -OCH3 is 1. The molecule has 2 heterocycles. The normalized spacial score (nSPS) is 11.5. The van der Waals surface area contributed by atoms with E-state index in [0.29, 0.717) is 43.2 Å². The van der Waals surface area contributed by atoms with Crippen LogP contribution >= 0.6 is 0 Å². The SMILES string of the molecule is COCc1cnc(-c2n[nH]c3ccc(C(=O)NCCCNC(=O)OC(C)(C)C)cc23)[nH]1. The number of nitrogens with one attached hydrogen (secondary N) is 4. The van der Waals surface area contributed by atoms with E-state index in [-0.39, 0.29) is 5.91 Å². The highest BCUT2D eigenvalue weighted by molar-refractivity contribution is 6.00. The number of rotatable bonds is 8. The van der Waals surface area contributed by atoms with Gasteiger partial charge in [0.25, 0.3) is 5.91 Å². The number of fused-ring (bicyclic) bond motifs is 1. The molecule has 4 N–H and O–H groups in total. The zero-order valence-electron chi connectivity index (χ0n) is 18.2. The largest absolute Gasteiger partial charge is 0.444 e. The molecule has 0 bridgehead atoms. The van der Waals surface area contributed by atoms with Gasteiger partial charge in [0.1, 0.15) is 11.3 Å². The van der Waals surface area contributed by atoms with Gasteiger partial charge in [-0.3, -0.25) is 9.89 Å². The second-order valence-corrected chi connectivity index (χ2v) is 8.06. The van der Waals surface area contributed by atoms with E-state index in [4.69, 9.17) is 9.47 Å². The smallest absolute Gasteiger partial charge is 0.407 e. The van der Waals surface area contributed by atoms with Crippen molar-refractivity contribution in [3.8, 4) is 11.5 Å². The molecule has 31 heavy (non-hydrogen) atoms. The number of H-pyrrole nitrogens is 2. The third-order valence-electron chi connectivity index (χ3n) is 4.28. The number of benzene rings is 1. The number of aromatic nitrogens is 4. The van der Waals surface area contributed by atoms with Crippen molar-refractivity contribution in [2.45, 2.75) is 39.4 Å². The first-order chi connectivity index (χ1) is 14.8. The van der Waals surface area contributed by atoms with Crippen LogP contribution in [0.5, 0.6) is 0 Å². The Labute approximate surface area is 180 Å². The number of ether oxygens (including phenoxy) is 2. The van der Waals surface area contributed by atoms with Crippen LogP contribution in [0, 0.1) is 0 Å². The molecule has 0 saturated carbocycles. The van der Waals surface area contributed by atoms with Crippen LogP contribution < -0.4 is 10.6 Å². The third kappa shape index (κ3) is 6.05. The van der Waals surface area contributed by atoms with Gasteiger partial charge in [0.2, 0.25) is 0 Å². The summed E-state index contributed by atoms with van der Waals surface area (Å²) in [5.74, 6) is 0.398. The van der Waals surface area contributed by atoms with Gasteiger partial charge < -0.3 is 25.1 Å². The topological polar surface area (TPSA) is 134 Å². The van der Waals surface area contributed by atoms with Crippen molar-refractivity contribution < 1.29 is 19.1 Å². The standard InChI is InChI=1S/C21H28N6O4/c1-21(2,3)31-20(29)23-9-5-8-22-19(28)13-6-7-16-15(10-13)17(27-26-16)18-24-11-14(25-18)12-30-4/h6-7,10-11H,5,8-9,12H2,1-4H3,(H,22,28)(H,23,29)(H,24,25)(H,26,27). The van der Waals surface area contributed by atoms with Crippen molar-refractivity contribution >= 4 is 22.9 Å². The fourth-order valence-corrected chi connectivity index (χ4v) is 2.94. The lowest BCUT2D eigenvalue weighted by Crippen LogP contribution is -2.34. The number of nitrogens with zero attached hydrogens (tertiary/aromatic N) is 2. The molecule has 0 saturated heterocycles. The van der Waals surface area contributed by atoms with E-state index >= 15 is 0 Å². The highest BCUT2D eigenvalue weighted by Crippen LogP contribution is 2.25. The van der Waals surface area contributed by atoms with Crippen molar-refractivity contribution in [2.24, 2.45) is 0 Å². The molecular weight excluding hydrogens is 400 g/mol. The number of hydrogen-bond donors (Lipinski definition) is 4. The summed E-state index contributed by atoms with van der Waals surface area (Å²) in [7, 11) is 1.61. The van der Waals surface area contributed by atoms with Crippen molar-refractivity contribution in [3.63, 3.8) is 0 Å². The Morgan fingerprint density at radius 2 is 1.94 bits per heavy atom. The van der Waals surface area contributed by atoms with E-state index < -0.39 is 11.7 Å². The first-order valence-electron chi connectivity index (χ1n) is 10.0. The molecule has 0 unspecified atom stereocenters. The second-order valence-electron chi connectivity index (χ2n) is 8.06. The van der Waals surface area contributed by atoms with Crippen molar-refractivity contribution in [1.82, 2.24) is 30.8 Å². The molecular formula is C21H28N6O4. The molecule has 1 aromatic carbocycles. The summed E-state index contributed by atoms with van der Waals surface area (Å²) in [5.41, 5.74) is 2.25. The average Bonchev–Trinajstić information content (AvgIpc) is 3.32. The van der Waals surface area contributed by atoms with Crippen LogP contribution in [0.2, 0.25) is 0 Å². The van der Waals surface area contributed by atoms with Crippen LogP contribution in [0.4, 0.5) is 4.79 Å². The number of alkyl carbamates (subject to hydrolysis) is 1. The predicted octanol–water partition coefficient (Wildman–Crippen LogP) is 2.74. The van der Waals surface area contributed by atoms with Gasteiger partial charge in [0.15, 0.2) is 5.82 Å². The summed E-state index contributed by atoms with van der Waals surface area (Å²) in [6.45, 7) is 6.66. The van der Waals surface area contributed by atoms with Crippen molar-refractivity contribution in [3.05, 3.63) is 35.7 Å². The summed E-state index contributed by atoms with van der Waals surface area (Å²) in [5, 5.41) is 13.6. The fourth-order valence-electron chi connectivity index (χ4n) is 2.94. The molecule has 10 heteroatoms. The Morgan fingerprint density at radius 1 is 1.16 bits per heavy atom. The summed E-state index contributed by atoms with van der Waals surface area (Å²) in [6.07, 6.45) is 1.81. The van der Waals surface area contributed by atoms with Crippen LogP contribution in [-0.4, -0.2) is 58.0 Å². The highest BCUT2D eigenvalue weighted by Gasteiger charge is 2.16. The molecule has 0 atom stereocenters. The maximum absolute atomic E-state index is 12.5. The van der Waals surface area contributed by atoms with Gasteiger partial charge >= 0.3 is 6.09 Å². The van der Waals surface area contributed by atoms with E-state index in [1.54, 1.807) is 46.2 Å². The first-order valence-corrected chi connectivity index (χ1v) is 10.0. The number of carbonyl (C=O) groups excluding carboxylic acids is 2. The zero-order chi connectivity index (χ0) is 22.4. The summed E-state index contributed by atoms with van der Waals surface area (Å²) >= 11 is 0. The van der Waals surface area contributed by atoms with Gasteiger partial charge in [-0.05, 0) is 45.4 Å². The quantitative estimate of drug-likeness (QED) is 0.408. The highest BCUT2D eigenvalue weighted by atomic mass is 16.6. The Bertz CT molecular complexity index is 1050. The molecule has 3 rings (SSSR count). The third-order valence-corrected chi connectivity index (χ3v) is 4.28. The van der Waals surface area contributed by atoms with Crippen LogP contribution in [0.15, 0.2) is 24.4 Å². The summed E-state index contributed by atoms with van der Waals surface area (Å²) in [6, 6.07) is 5.32. The monoisotopic (exact) mass is 428 g/mol. The molecule has 0 radical (unpaired) electrons.